The Morgan fingerprint density at radius 3 is 2.75 bits per heavy atom. The number of nitrogens with zero attached hydrogens (tertiary/aromatic N) is 1. The maximum absolute atomic E-state index is 12.7. The van der Waals surface area contributed by atoms with Gasteiger partial charge in [0.2, 0.25) is 0 Å². The highest BCUT2D eigenvalue weighted by molar-refractivity contribution is 7.15. The normalized spacial score (nSPS) is 19.0. The lowest BCUT2D eigenvalue weighted by Gasteiger charge is -2.17. The van der Waals surface area contributed by atoms with Gasteiger partial charge in [0.15, 0.2) is 0 Å². The van der Waals surface area contributed by atoms with Gasteiger partial charge < -0.3 is 10.8 Å². The summed E-state index contributed by atoms with van der Waals surface area (Å²) in [6.45, 7) is 2.04. The first-order valence-corrected chi connectivity index (χ1v) is 10.6. The molecule has 2 aliphatic rings. The van der Waals surface area contributed by atoms with Crippen LogP contribution in [-0.4, -0.2) is 15.5 Å². The van der Waals surface area contributed by atoms with Crippen molar-refractivity contribution in [2.45, 2.75) is 51.0 Å². The van der Waals surface area contributed by atoms with E-state index in [0.717, 1.165) is 54.3 Å². The zero-order valence-electron chi connectivity index (χ0n) is 15.7. The van der Waals surface area contributed by atoms with E-state index in [4.69, 9.17) is 5.73 Å². The summed E-state index contributed by atoms with van der Waals surface area (Å²) in [4.78, 5) is 26.7. The lowest BCUT2D eigenvalue weighted by Crippen LogP contribution is -2.23. The summed E-state index contributed by atoms with van der Waals surface area (Å²) in [5.74, 6) is -0.824. The molecule has 3 aromatic heterocycles. The Morgan fingerprint density at radius 1 is 1.29 bits per heavy atom. The number of nitrogens with two attached hydrogens (primary N) is 1. The standard InChI is InChI=1S/C22H22N2O3S/c1-11-14(18-9-13-3-2-4-17(23)20(13)28-18)7-8-24-19(11)15(12-5-6-12)10-16(21(24)25)22(26)27/h7-10,12,17H,2-6,23H2,1H3,(H,26,27). The topological polar surface area (TPSA) is 84.8 Å². The Hall–Kier alpha value is -2.44. The molecule has 0 aliphatic heterocycles. The highest BCUT2D eigenvalue weighted by Crippen LogP contribution is 2.45. The van der Waals surface area contributed by atoms with Gasteiger partial charge in [-0.05, 0) is 85.4 Å². The zero-order chi connectivity index (χ0) is 19.6. The molecule has 0 radical (unpaired) electrons. The number of aromatic carboxylic acids is 1. The molecule has 1 fully saturated rings. The molecule has 1 saturated carbocycles. The fourth-order valence-electron chi connectivity index (χ4n) is 4.45. The van der Waals surface area contributed by atoms with Crippen LogP contribution in [0.5, 0.6) is 0 Å². The lowest BCUT2D eigenvalue weighted by molar-refractivity contribution is 0.0694. The van der Waals surface area contributed by atoms with Crippen LogP contribution in [0, 0.1) is 6.92 Å². The summed E-state index contributed by atoms with van der Waals surface area (Å²) in [5, 5.41) is 9.45. The van der Waals surface area contributed by atoms with Crippen LogP contribution in [0.25, 0.3) is 16.0 Å². The Kier molecular flexibility index (Phi) is 3.96. The molecular weight excluding hydrogens is 372 g/mol. The summed E-state index contributed by atoms with van der Waals surface area (Å²) < 4.78 is 1.52. The number of thiophene rings is 1. The third kappa shape index (κ3) is 2.63. The molecule has 5 rings (SSSR count). The van der Waals surface area contributed by atoms with Gasteiger partial charge in [-0.25, -0.2) is 4.79 Å². The number of carbonyl (C=O) groups is 1. The molecule has 1 unspecified atom stereocenters. The summed E-state index contributed by atoms with van der Waals surface area (Å²) in [6.07, 6.45) is 7.04. The van der Waals surface area contributed by atoms with E-state index in [0.29, 0.717) is 5.92 Å². The molecule has 0 bridgehead atoms. The molecule has 3 aromatic rings. The molecule has 0 amide bonds. The van der Waals surface area contributed by atoms with E-state index in [2.05, 4.69) is 6.07 Å². The van der Waals surface area contributed by atoms with Crippen LogP contribution in [0.3, 0.4) is 0 Å². The van der Waals surface area contributed by atoms with E-state index in [1.807, 2.05) is 13.0 Å². The minimum atomic E-state index is -1.16. The van der Waals surface area contributed by atoms with E-state index in [1.54, 1.807) is 23.6 Å². The van der Waals surface area contributed by atoms with Gasteiger partial charge in [0.25, 0.3) is 5.56 Å². The number of aromatic nitrogens is 1. The van der Waals surface area contributed by atoms with Crippen LogP contribution in [0.4, 0.5) is 0 Å². The molecule has 3 N–H and O–H groups in total. The number of aryl methyl sites for hydroxylation is 2. The number of hydrogen-bond donors (Lipinski definition) is 2. The summed E-state index contributed by atoms with van der Waals surface area (Å²) >= 11 is 1.75. The Balaban J connectivity index is 1.76. The number of fused-ring (bicyclic) bond motifs is 2. The predicted molar refractivity (Wildman–Crippen MR) is 111 cm³/mol. The minimum absolute atomic E-state index is 0.117. The number of rotatable bonds is 3. The van der Waals surface area contributed by atoms with Crippen molar-refractivity contribution >= 4 is 22.8 Å². The second kappa shape index (κ2) is 6.29. The van der Waals surface area contributed by atoms with Crippen molar-refractivity contribution in [1.29, 1.82) is 0 Å². The van der Waals surface area contributed by atoms with Crippen molar-refractivity contribution in [2.75, 3.05) is 0 Å². The van der Waals surface area contributed by atoms with Crippen molar-refractivity contribution < 1.29 is 9.90 Å². The van der Waals surface area contributed by atoms with E-state index >= 15 is 0 Å². The third-order valence-corrected chi connectivity index (χ3v) is 7.41. The molecule has 3 heterocycles. The maximum atomic E-state index is 12.7. The number of carboxylic acids is 1. The molecule has 0 saturated heterocycles. The van der Waals surface area contributed by atoms with Crippen LogP contribution in [0.1, 0.15) is 69.6 Å². The van der Waals surface area contributed by atoms with Gasteiger partial charge in [-0.3, -0.25) is 9.20 Å². The zero-order valence-corrected chi connectivity index (χ0v) is 16.5. The summed E-state index contributed by atoms with van der Waals surface area (Å²) in [5.41, 5.74) is 11.0. The SMILES string of the molecule is Cc1c(-c2cc3c(s2)C(N)CCC3)ccn2c(=O)c(C(=O)O)cc(C3CC3)c12. The second-order valence-corrected chi connectivity index (χ2v) is 9.05. The predicted octanol–water partition coefficient (Wildman–Crippen LogP) is 4.25. The average molecular weight is 394 g/mol. The first kappa shape index (κ1) is 17.6. The second-order valence-electron chi connectivity index (χ2n) is 7.97. The lowest BCUT2D eigenvalue weighted by atomic mass is 9.94. The molecular formula is C22H22N2O3S. The van der Waals surface area contributed by atoms with Crippen LogP contribution in [0.15, 0.2) is 29.2 Å². The molecule has 0 aromatic carbocycles. The van der Waals surface area contributed by atoms with E-state index < -0.39 is 11.5 Å². The highest BCUT2D eigenvalue weighted by Gasteiger charge is 2.30. The van der Waals surface area contributed by atoms with Crippen LogP contribution in [-0.2, 0) is 6.42 Å². The monoisotopic (exact) mass is 394 g/mol. The van der Waals surface area contributed by atoms with Crippen LogP contribution in [0.2, 0.25) is 0 Å². The molecule has 28 heavy (non-hydrogen) atoms. The third-order valence-electron chi connectivity index (χ3n) is 6.07. The first-order valence-electron chi connectivity index (χ1n) is 9.76. The molecule has 5 nitrogen and oxygen atoms in total. The van der Waals surface area contributed by atoms with Crippen LogP contribution < -0.4 is 11.3 Å². The molecule has 144 valence electrons. The van der Waals surface area contributed by atoms with Gasteiger partial charge in [-0.2, -0.15) is 0 Å². The number of pyridine rings is 2. The maximum Gasteiger partial charge on any atom is 0.341 e. The minimum Gasteiger partial charge on any atom is -0.477 e. The van der Waals surface area contributed by atoms with E-state index in [-0.39, 0.29) is 11.6 Å². The first-order chi connectivity index (χ1) is 13.5. The van der Waals surface area contributed by atoms with Gasteiger partial charge in [-0.15, -0.1) is 11.3 Å². The van der Waals surface area contributed by atoms with Crippen LogP contribution >= 0.6 is 11.3 Å². The number of hydrogen-bond acceptors (Lipinski definition) is 4. The molecule has 1 atom stereocenters. The van der Waals surface area contributed by atoms with Crippen molar-refractivity contribution in [3.63, 3.8) is 0 Å². The number of carboxylic acid groups (broad SMARTS) is 1. The molecule has 6 heteroatoms. The Labute approximate surface area is 166 Å². The van der Waals surface area contributed by atoms with Gasteiger partial charge in [0.1, 0.15) is 5.56 Å². The summed E-state index contributed by atoms with van der Waals surface area (Å²) in [7, 11) is 0. The molecule has 2 aliphatic carbocycles. The van der Waals surface area contributed by atoms with Gasteiger partial charge >= 0.3 is 5.97 Å². The van der Waals surface area contributed by atoms with Crippen molar-refractivity contribution in [3.8, 4) is 10.4 Å². The average Bonchev–Trinajstić information content (AvgIpc) is 3.41. The quantitative estimate of drug-likeness (QED) is 0.695. The van der Waals surface area contributed by atoms with Gasteiger partial charge in [0.05, 0.1) is 5.52 Å². The van der Waals surface area contributed by atoms with Crippen molar-refractivity contribution in [1.82, 2.24) is 4.40 Å². The van der Waals surface area contributed by atoms with E-state index in [9.17, 15) is 14.7 Å². The fourth-order valence-corrected chi connectivity index (χ4v) is 5.78. The largest absolute Gasteiger partial charge is 0.477 e. The summed E-state index contributed by atoms with van der Waals surface area (Å²) in [6, 6.07) is 5.91. The highest BCUT2D eigenvalue weighted by atomic mass is 32.1. The Bertz CT molecular complexity index is 1190. The van der Waals surface area contributed by atoms with Crippen molar-refractivity contribution in [2.24, 2.45) is 5.73 Å². The van der Waals surface area contributed by atoms with E-state index in [1.165, 1.54) is 19.7 Å². The molecule has 0 spiro atoms. The van der Waals surface area contributed by atoms with Gasteiger partial charge in [-0.1, -0.05) is 0 Å². The fraction of sp³-hybridized carbons (Fsp3) is 0.364. The van der Waals surface area contributed by atoms with Gasteiger partial charge in [0, 0.05) is 22.0 Å². The Morgan fingerprint density at radius 2 is 2.07 bits per heavy atom. The smallest absolute Gasteiger partial charge is 0.341 e. The van der Waals surface area contributed by atoms with Crippen molar-refractivity contribution in [3.05, 3.63) is 61.9 Å².